The Morgan fingerprint density at radius 2 is 2.00 bits per heavy atom. The molecule has 118 valence electrons. The van der Waals surface area contributed by atoms with E-state index in [9.17, 15) is 9.90 Å². The minimum atomic E-state index is -0.440. The summed E-state index contributed by atoms with van der Waals surface area (Å²) >= 11 is 6.21. The zero-order valence-electron chi connectivity index (χ0n) is 12.5. The fourth-order valence-electron chi connectivity index (χ4n) is 2.56. The fraction of sp³-hybridized carbons (Fsp3) is 0.167. The summed E-state index contributed by atoms with van der Waals surface area (Å²) in [7, 11) is 0. The highest BCUT2D eigenvalue weighted by Gasteiger charge is 2.11. The van der Waals surface area contributed by atoms with Crippen LogP contribution in [0, 0.1) is 0 Å². The maximum Gasteiger partial charge on any atom is 0.336 e. The molecule has 3 rings (SSSR count). The monoisotopic (exact) mass is 329 g/mol. The first-order valence-corrected chi connectivity index (χ1v) is 7.66. The first-order valence-electron chi connectivity index (χ1n) is 7.28. The van der Waals surface area contributed by atoms with E-state index in [0.717, 1.165) is 16.5 Å². The van der Waals surface area contributed by atoms with Crippen molar-refractivity contribution in [3.05, 3.63) is 75.1 Å². The van der Waals surface area contributed by atoms with Gasteiger partial charge in [0.15, 0.2) is 0 Å². The van der Waals surface area contributed by atoms with Crippen molar-refractivity contribution in [1.82, 2.24) is 5.32 Å². The molecule has 0 spiro atoms. The van der Waals surface area contributed by atoms with Gasteiger partial charge in [0.25, 0.3) is 0 Å². The van der Waals surface area contributed by atoms with Gasteiger partial charge in [-0.05, 0) is 36.2 Å². The van der Waals surface area contributed by atoms with Gasteiger partial charge in [-0.1, -0.05) is 29.8 Å². The molecule has 5 heteroatoms. The third-order valence-electron chi connectivity index (χ3n) is 3.78. The summed E-state index contributed by atoms with van der Waals surface area (Å²) in [5.41, 5.74) is 1.75. The van der Waals surface area contributed by atoms with Crippen LogP contribution in [0.1, 0.15) is 24.1 Å². The number of hydrogen-bond acceptors (Lipinski definition) is 4. The molecule has 0 fully saturated rings. The van der Waals surface area contributed by atoms with E-state index >= 15 is 0 Å². The Labute approximate surface area is 138 Å². The third-order valence-corrected chi connectivity index (χ3v) is 4.13. The van der Waals surface area contributed by atoms with Gasteiger partial charge in [0.1, 0.15) is 11.3 Å². The molecule has 0 aliphatic carbocycles. The van der Waals surface area contributed by atoms with Gasteiger partial charge < -0.3 is 14.8 Å². The van der Waals surface area contributed by atoms with Crippen LogP contribution in [-0.4, -0.2) is 5.11 Å². The Bertz CT molecular complexity index is 904. The van der Waals surface area contributed by atoms with Crippen molar-refractivity contribution < 1.29 is 9.52 Å². The van der Waals surface area contributed by atoms with E-state index in [4.69, 9.17) is 16.0 Å². The first-order chi connectivity index (χ1) is 11.0. The lowest BCUT2D eigenvalue weighted by Gasteiger charge is -2.16. The van der Waals surface area contributed by atoms with E-state index in [0.29, 0.717) is 17.2 Å². The van der Waals surface area contributed by atoms with E-state index in [1.165, 1.54) is 12.1 Å². The van der Waals surface area contributed by atoms with E-state index in [-0.39, 0.29) is 11.8 Å². The van der Waals surface area contributed by atoms with Gasteiger partial charge >= 0.3 is 5.63 Å². The quantitative estimate of drug-likeness (QED) is 0.710. The Hall–Kier alpha value is -2.30. The summed E-state index contributed by atoms with van der Waals surface area (Å²) in [4.78, 5) is 11.7. The lowest BCUT2D eigenvalue weighted by Crippen LogP contribution is -2.19. The first kappa shape index (κ1) is 15.6. The van der Waals surface area contributed by atoms with Gasteiger partial charge in [0.05, 0.1) is 0 Å². The molecule has 0 saturated carbocycles. The van der Waals surface area contributed by atoms with E-state index < -0.39 is 5.63 Å². The van der Waals surface area contributed by atoms with E-state index in [2.05, 4.69) is 5.32 Å². The van der Waals surface area contributed by atoms with Crippen molar-refractivity contribution in [3.63, 3.8) is 0 Å². The van der Waals surface area contributed by atoms with Gasteiger partial charge in [0.2, 0.25) is 0 Å². The summed E-state index contributed by atoms with van der Waals surface area (Å²) in [6.45, 7) is 2.50. The van der Waals surface area contributed by atoms with Crippen LogP contribution in [0.4, 0.5) is 0 Å². The fourth-order valence-corrected chi connectivity index (χ4v) is 2.86. The number of hydrogen-bond donors (Lipinski definition) is 2. The lowest BCUT2D eigenvalue weighted by atomic mass is 10.1. The molecule has 1 aromatic heterocycles. The summed E-state index contributed by atoms with van der Waals surface area (Å²) in [5.74, 6) is 0.0650. The van der Waals surface area contributed by atoms with Crippen molar-refractivity contribution >= 4 is 22.6 Å². The lowest BCUT2D eigenvalue weighted by molar-refractivity contribution is 0.473. The molecule has 0 aliphatic rings. The largest absolute Gasteiger partial charge is 0.508 e. The number of benzene rings is 2. The molecule has 0 saturated heterocycles. The van der Waals surface area contributed by atoms with Crippen LogP contribution in [-0.2, 0) is 6.54 Å². The highest BCUT2D eigenvalue weighted by Crippen LogP contribution is 2.24. The molecule has 23 heavy (non-hydrogen) atoms. The molecule has 0 unspecified atom stereocenters. The molecule has 2 N–H and O–H groups in total. The van der Waals surface area contributed by atoms with Crippen molar-refractivity contribution in [3.8, 4) is 5.75 Å². The van der Waals surface area contributed by atoms with Crippen molar-refractivity contribution in [2.45, 2.75) is 19.5 Å². The number of nitrogens with one attached hydrogen (secondary N) is 1. The van der Waals surface area contributed by atoms with Gasteiger partial charge in [-0.25, -0.2) is 4.79 Å². The van der Waals surface area contributed by atoms with E-state index in [1.54, 1.807) is 12.1 Å². The Morgan fingerprint density at radius 3 is 2.78 bits per heavy atom. The number of phenolic OH excluding ortho intramolecular Hbond substituents is 1. The van der Waals surface area contributed by atoms with Crippen LogP contribution in [0.2, 0.25) is 5.02 Å². The van der Waals surface area contributed by atoms with Gasteiger partial charge in [-0.15, -0.1) is 0 Å². The second kappa shape index (κ2) is 6.44. The standard InChI is InChI=1S/C18H16ClNO3/c1-11(14-4-2-3-5-16(14)19)20-10-12-8-18(22)23-17-9-13(21)6-7-15(12)17/h2-9,11,20-21H,10H2,1H3/t11-/m1/s1. The maximum atomic E-state index is 11.7. The van der Waals surface area contributed by atoms with Crippen molar-refractivity contribution in [2.24, 2.45) is 0 Å². The average Bonchev–Trinajstić information content (AvgIpc) is 2.52. The van der Waals surface area contributed by atoms with Crippen LogP contribution in [0.25, 0.3) is 11.0 Å². The predicted molar refractivity (Wildman–Crippen MR) is 90.9 cm³/mol. The number of fused-ring (bicyclic) bond motifs is 1. The summed E-state index contributed by atoms with van der Waals surface area (Å²) < 4.78 is 5.13. The van der Waals surface area contributed by atoms with E-state index in [1.807, 2.05) is 31.2 Å². The molecule has 0 amide bonds. The number of phenols is 1. The van der Waals surface area contributed by atoms with Crippen LogP contribution in [0.3, 0.4) is 0 Å². The molecule has 2 aromatic carbocycles. The second-order valence-electron chi connectivity index (χ2n) is 5.40. The highest BCUT2D eigenvalue weighted by molar-refractivity contribution is 6.31. The van der Waals surface area contributed by atoms with Crippen LogP contribution in [0.15, 0.2) is 57.7 Å². The smallest absolute Gasteiger partial charge is 0.336 e. The molecule has 3 aromatic rings. The Balaban J connectivity index is 1.87. The van der Waals surface area contributed by atoms with Gasteiger partial charge in [0, 0.05) is 35.1 Å². The molecule has 0 radical (unpaired) electrons. The number of aromatic hydroxyl groups is 1. The van der Waals surface area contributed by atoms with Crippen LogP contribution in [0.5, 0.6) is 5.75 Å². The third kappa shape index (κ3) is 3.38. The molecular formula is C18H16ClNO3. The Morgan fingerprint density at radius 1 is 1.22 bits per heavy atom. The van der Waals surface area contributed by atoms with Crippen molar-refractivity contribution in [2.75, 3.05) is 0 Å². The van der Waals surface area contributed by atoms with Gasteiger partial charge in [-0.2, -0.15) is 0 Å². The molecule has 4 nitrogen and oxygen atoms in total. The molecular weight excluding hydrogens is 314 g/mol. The zero-order chi connectivity index (χ0) is 16.4. The number of halogens is 1. The van der Waals surface area contributed by atoms with Gasteiger partial charge in [-0.3, -0.25) is 0 Å². The molecule has 1 atom stereocenters. The predicted octanol–water partition coefficient (Wildman–Crippen LogP) is 4.00. The summed E-state index contributed by atoms with van der Waals surface area (Å²) in [5, 5.41) is 14.4. The number of rotatable bonds is 4. The average molecular weight is 330 g/mol. The summed E-state index contributed by atoms with van der Waals surface area (Å²) in [6, 6.07) is 13.9. The van der Waals surface area contributed by atoms with Crippen LogP contribution >= 0.6 is 11.6 Å². The molecule has 1 heterocycles. The minimum absolute atomic E-state index is 0.0307. The Kier molecular flexibility index (Phi) is 4.37. The topological polar surface area (TPSA) is 62.5 Å². The van der Waals surface area contributed by atoms with Crippen molar-refractivity contribution in [1.29, 1.82) is 0 Å². The normalized spacial score (nSPS) is 12.4. The molecule has 0 aliphatic heterocycles. The second-order valence-corrected chi connectivity index (χ2v) is 5.80. The molecule has 0 bridgehead atoms. The summed E-state index contributed by atoms with van der Waals surface area (Å²) in [6.07, 6.45) is 0. The zero-order valence-corrected chi connectivity index (χ0v) is 13.3. The maximum absolute atomic E-state index is 11.7. The van der Waals surface area contributed by atoms with Crippen LogP contribution < -0.4 is 10.9 Å². The SMILES string of the molecule is C[C@@H](NCc1cc(=O)oc2cc(O)ccc12)c1ccccc1Cl. The highest BCUT2D eigenvalue weighted by atomic mass is 35.5. The minimum Gasteiger partial charge on any atom is -0.508 e.